The van der Waals surface area contributed by atoms with Crippen molar-refractivity contribution in [1.29, 1.82) is 0 Å². The van der Waals surface area contributed by atoms with E-state index in [4.69, 9.17) is 9.72 Å². The lowest BCUT2D eigenvalue weighted by Crippen LogP contribution is -2.26. The molecule has 2 heterocycles. The second-order valence-corrected chi connectivity index (χ2v) is 6.66. The molecule has 6 nitrogen and oxygen atoms in total. The van der Waals surface area contributed by atoms with Crippen molar-refractivity contribution < 1.29 is 9.53 Å². The second-order valence-electron chi connectivity index (χ2n) is 6.66. The number of carbonyl (C=O) groups excluding carboxylic acids is 1. The van der Waals surface area contributed by atoms with E-state index in [1.165, 1.54) is 0 Å². The molecule has 4 rings (SSSR count). The van der Waals surface area contributed by atoms with Crippen molar-refractivity contribution in [3.05, 3.63) is 90.0 Å². The van der Waals surface area contributed by atoms with Crippen LogP contribution in [0, 0.1) is 0 Å². The number of amides is 1. The fourth-order valence-corrected chi connectivity index (χ4v) is 3.39. The van der Waals surface area contributed by atoms with Crippen molar-refractivity contribution in [3.63, 3.8) is 0 Å². The lowest BCUT2D eigenvalue weighted by molar-refractivity contribution is 0.0954. The van der Waals surface area contributed by atoms with Gasteiger partial charge in [-0.1, -0.05) is 30.3 Å². The molecule has 1 N–H and O–H groups in total. The maximum atomic E-state index is 12.3. The lowest BCUT2D eigenvalue weighted by atomic mass is 10.2. The SMILES string of the molecule is COc1ccccc1Cn1c(CCNC(=O)c2ccncc2)nc2ccccc21. The van der Waals surface area contributed by atoms with Gasteiger partial charge in [0, 0.05) is 36.5 Å². The van der Waals surface area contributed by atoms with Crippen molar-refractivity contribution in [1.82, 2.24) is 19.9 Å². The van der Waals surface area contributed by atoms with Gasteiger partial charge in [-0.2, -0.15) is 0 Å². The summed E-state index contributed by atoms with van der Waals surface area (Å²) in [5.74, 6) is 1.66. The Morgan fingerprint density at radius 2 is 1.79 bits per heavy atom. The Hall–Kier alpha value is -3.67. The van der Waals surface area contributed by atoms with E-state index in [2.05, 4.69) is 27.0 Å². The zero-order valence-electron chi connectivity index (χ0n) is 16.2. The standard InChI is InChI=1S/C23H22N4O2/c1-29-21-9-5-2-6-18(21)16-27-20-8-4-3-7-19(20)26-22(27)12-15-25-23(28)17-10-13-24-14-11-17/h2-11,13-14H,12,15-16H2,1H3,(H,25,28). The van der Waals surface area contributed by atoms with Crippen LogP contribution in [0.3, 0.4) is 0 Å². The molecule has 4 aromatic rings. The predicted octanol–water partition coefficient (Wildman–Crippen LogP) is 3.46. The Kier molecular flexibility index (Phi) is 5.52. The number of hydrogen-bond acceptors (Lipinski definition) is 4. The molecular formula is C23H22N4O2. The van der Waals surface area contributed by atoms with Crippen molar-refractivity contribution in [2.75, 3.05) is 13.7 Å². The molecule has 0 aliphatic rings. The highest BCUT2D eigenvalue weighted by atomic mass is 16.5. The maximum absolute atomic E-state index is 12.3. The molecule has 0 atom stereocenters. The molecule has 0 unspecified atom stereocenters. The summed E-state index contributed by atoms with van der Waals surface area (Å²) in [5, 5.41) is 2.96. The molecule has 0 aliphatic carbocycles. The molecule has 0 bridgehead atoms. The van der Waals surface area contributed by atoms with E-state index < -0.39 is 0 Å². The average Bonchev–Trinajstić information content (AvgIpc) is 3.12. The Bertz CT molecular complexity index is 1120. The highest BCUT2D eigenvalue weighted by Gasteiger charge is 2.13. The molecule has 6 heteroatoms. The summed E-state index contributed by atoms with van der Waals surface area (Å²) in [6.07, 6.45) is 3.85. The number of hydrogen-bond donors (Lipinski definition) is 1. The van der Waals surface area contributed by atoms with Crippen LogP contribution in [0.25, 0.3) is 11.0 Å². The number of nitrogens with one attached hydrogen (secondary N) is 1. The van der Waals surface area contributed by atoms with Gasteiger partial charge in [-0.25, -0.2) is 4.98 Å². The zero-order chi connectivity index (χ0) is 20.1. The normalized spacial score (nSPS) is 10.8. The van der Waals surface area contributed by atoms with Gasteiger partial charge in [-0.15, -0.1) is 0 Å². The molecule has 2 aromatic heterocycles. The molecule has 146 valence electrons. The van der Waals surface area contributed by atoms with Crippen molar-refractivity contribution in [2.45, 2.75) is 13.0 Å². The summed E-state index contributed by atoms with van der Waals surface area (Å²) in [6, 6.07) is 19.5. The maximum Gasteiger partial charge on any atom is 0.251 e. The quantitative estimate of drug-likeness (QED) is 0.528. The van der Waals surface area contributed by atoms with Crippen LogP contribution in [0.4, 0.5) is 0 Å². The van der Waals surface area contributed by atoms with Gasteiger partial charge < -0.3 is 14.6 Å². The van der Waals surface area contributed by atoms with E-state index in [9.17, 15) is 4.79 Å². The van der Waals surface area contributed by atoms with E-state index in [-0.39, 0.29) is 5.91 Å². The first-order chi connectivity index (χ1) is 14.3. The average molecular weight is 386 g/mol. The molecule has 0 aliphatic heterocycles. The molecular weight excluding hydrogens is 364 g/mol. The number of carbonyl (C=O) groups is 1. The number of imidazole rings is 1. The van der Waals surface area contributed by atoms with E-state index >= 15 is 0 Å². The van der Waals surface area contributed by atoms with Gasteiger partial charge in [0.2, 0.25) is 0 Å². The van der Waals surface area contributed by atoms with Crippen LogP contribution in [0.15, 0.2) is 73.1 Å². The minimum absolute atomic E-state index is 0.111. The predicted molar refractivity (Wildman–Crippen MR) is 112 cm³/mol. The third-order valence-electron chi connectivity index (χ3n) is 4.83. The summed E-state index contributed by atoms with van der Waals surface area (Å²) in [7, 11) is 1.68. The molecule has 0 saturated heterocycles. The number of pyridine rings is 1. The van der Waals surface area contributed by atoms with Gasteiger partial charge in [0.05, 0.1) is 24.7 Å². The molecule has 0 fully saturated rings. The van der Waals surface area contributed by atoms with Gasteiger partial charge in [0.25, 0.3) is 5.91 Å². The summed E-state index contributed by atoms with van der Waals surface area (Å²) < 4.78 is 7.70. The lowest BCUT2D eigenvalue weighted by Gasteiger charge is -2.13. The first-order valence-electron chi connectivity index (χ1n) is 9.50. The Labute approximate surface area is 169 Å². The third-order valence-corrected chi connectivity index (χ3v) is 4.83. The number of methoxy groups -OCH3 is 1. The van der Waals surface area contributed by atoms with Crippen molar-refractivity contribution >= 4 is 16.9 Å². The summed E-state index contributed by atoms with van der Waals surface area (Å²) in [4.78, 5) is 21.0. The third kappa shape index (κ3) is 4.11. The first kappa shape index (κ1) is 18.7. The zero-order valence-corrected chi connectivity index (χ0v) is 16.2. The number of rotatable bonds is 7. The van der Waals surface area contributed by atoms with Crippen molar-refractivity contribution in [2.24, 2.45) is 0 Å². The first-order valence-corrected chi connectivity index (χ1v) is 9.50. The van der Waals surface area contributed by atoms with Crippen LogP contribution in [0.1, 0.15) is 21.7 Å². The highest BCUT2D eigenvalue weighted by molar-refractivity contribution is 5.93. The van der Waals surface area contributed by atoms with Gasteiger partial charge in [-0.05, 0) is 30.3 Å². The minimum Gasteiger partial charge on any atom is -0.496 e. The molecule has 1 amide bonds. The Balaban J connectivity index is 1.56. The van der Waals surface area contributed by atoms with Crippen molar-refractivity contribution in [3.8, 4) is 5.75 Å². The van der Waals surface area contributed by atoms with Gasteiger partial charge in [0.15, 0.2) is 0 Å². The molecule has 2 aromatic carbocycles. The number of benzene rings is 2. The molecule has 0 radical (unpaired) electrons. The van der Waals surface area contributed by atoms with E-state index in [1.54, 1.807) is 31.6 Å². The number of fused-ring (bicyclic) bond motifs is 1. The summed E-state index contributed by atoms with van der Waals surface area (Å²) >= 11 is 0. The van der Waals surface area contributed by atoms with Crippen LogP contribution in [-0.2, 0) is 13.0 Å². The highest BCUT2D eigenvalue weighted by Crippen LogP contribution is 2.23. The molecule has 0 spiro atoms. The fourth-order valence-electron chi connectivity index (χ4n) is 3.39. The van der Waals surface area contributed by atoms with E-state index in [0.29, 0.717) is 25.1 Å². The van der Waals surface area contributed by atoms with E-state index in [0.717, 1.165) is 28.2 Å². The summed E-state index contributed by atoms with van der Waals surface area (Å²) in [6.45, 7) is 1.15. The number of aromatic nitrogens is 3. The summed E-state index contributed by atoms with van der Waals surface area (Å²) in [5.41, 5.74) is 3.69. The smallest absolute Gasteiger partial charge is 0.251 e. The second kappa shape index (κ2) is 8.56. The number of para-hydroxylation sites is 3. The van der Waals surface area contributed by atoms with Gasteiger partial charge in [0.1, 0.15) is 11.6 Å². The fraction of sp³-hybridized carbons (Fsp3) is 0.174. The van der Waals surface area contributed by atoms with Crippen LogP contribution < -0.4 is 10.1 Å². The van der Waals surface area contributed by atoms with Crippen LogP contribution in [-0.4, -0.2) is 34.1 Å². The van der Waals surface area contributed by atoms with E-state index in [1.807, 2.05) is 36.4 Å². The number of ether oxygens (including phenoxy) is 1. The molecule has 29 heavy (non-hydrogen) atoms. The topological polar surface area (TPSA) is 69.0 Å². The Morgan fingerprint density at radius 3 is 2.62 bits per heavy atom. The molecule has 0 saturated carbocycles. The largest absolute Gasteiger partial charge is 0.496 e. The minimum atomic E-state index is -0.111. The van der Waals surface area contributed by atoms with Crippen LogP contribution >= 0.6 is 0 Å². The van der Waals surface area contributed by atoms with Gasteiger partial charge >= 0.3 is 0 Å². The van der Waals surface area contributed by atoms with Gasteiger partial charge in [-0.3, -0.25) is 9.78 Å². The van der Waals surface area contributed by atoms with Crippen LogP contribution in [0.2, 0.25) is 0 Å². The van der Waals surface area contributed by atoms with Crippen LogP contribution in [0.5, 0.6) is 5.75 Å². The number of nitrogens with zero attached hydrogens (tertiary/aromatic N) is 3. The monoisotopic (exact) mass is 386 g/mol. The Morgan fingerprint density at radius 1 is 1.03 bits per heavy atom.